The van der Waals surface area contributed by atoms with Crippen molar-refractivity contribution < 1.29 is 24.5 Å². The first-order valence-corrected chi connectivity index (χ1v) is 28.1. The fourth-order valence-electron chi connectivity index (χ4n) is 8.63. The fraction of sp³-hybridized carbons (Fsp3) is 0.895. The van der Waals surface area contributed by atoms with Gasteiger partial charge in [0.05, 0.1) is 25.4 Å². The van der Waals surface area contributed by atoms with Gasteiger partial charge in [0.15, 0.2) is 0 Å². The highest BCUT2D eigenvalue weighted by molar-refractivity contribution is 5.76. The van der Waals surface area contributed by atoms with Gasteiger partial charge in [0.1, 0.15) is 0 Å². The van der Waals surface area contributed by atoms with E-state index in [-0.39, 0.29) is 18.5 Å². The molecule has 3 N–H and O–H groups in total. The van der Waals surface area contributed by atoms with Crippen LogP contribution in [0.15, 0.2) is 24.3 Å². The zero-order valence-electron chi connectivity index (χ0n) is 42.3. The minimum atomic E-state index is -0.862. The molecule has 0 fully saturated rings. The van der Waals surface area contributed by atoms with Crippen molar-refractivity contribution >= 4 is 11.9 Å². The van der Waals surface area contributed by atoms with Crippen LogP contribution in [0.2, 0.25) is 0 Å². The normalized spacial score (nSPS) is 12.8. The van der Waals surface area contributed by atoms with Crippen LogP contribution in [-0.2, 0) is 14.3 Å². The maximum absolute atomic E-state index is 12.5. The van der Waals surface area contributed by atoms with Crippen molar-refractivity contribution in [2.45, 2.75) is 315 Å². The lowest BCUT2D eigenvalue weighted by Gasteiger charge is -2.20. The van der Waals surface area contributed by atoms with Gasteiger partial charge in [-0.15, -0.1) is 0 Å². The van der Waals surface area contributed by atoms with Gasteiger partial charge in [-0.2, -0.15) is 0 Å². The molecule has 0 aromatic heterocycles. The number of amides is 1. The Morgan fingerprint density at radius 1 is 0.429 bits per heavy atom. The van der Waals surface area contributed by atoms with Crippen molar-refractivity contribution in [3.63, 3.8) is 0 Å². The van der Waals surface area contributed by atoms with Gasteiger partial charge in [0.2, 0.25) is 5.91 Å². The second-order valence-corrected chi connectivity index (χ2v) is 19.3. The highest BCUT2D eigenvalue weighted by Crippen LogP contribution is 2.17. The van der Waals surface area contributed by atoms with E-state index in [1.165, 1.54) is 193 Å². The first kappa shape index (κ1) is 61.3. The average Bonchev–Trinajstić information content (AvgIpc) is 3.28. The molecule has 0 aromatic rings. The summed E-state index contributed by atoms with van der Waals surface area (Å²) in [6.45, 7) is 4.84. The van der Waals surface area contributed by atoms with Crippen LogP contribution >= 0.6 is 0 Å². The maximum atomic E-state index is 12.5. The number of unbranched alkanes of at least 4 members (excludes halogenated alkanes) is 39. The van der Waals surface area contributed by atoms with E-state index in [9.17, 15) is 19.8 Å². The molecule has 6 heteroatoms. The molecule has 2 atom stereocenters. The van der Waals surface area contributed by atoms with Crippen molar-refractivity contribution in [2.24, 2.45) is 0 Å². The summed E-state index contributed by atoms with van der Waals surface area (Å²) in [7, 11) is 0. The molecule has 0 heterocycles. The Balaban J connectivity index is 3.53. The molecule has 372 valence electrons. The minimum absolute atomic E-state index is 0.0292. The van der Waals surface area contributed by atoms with Crippen LogP contribution < -0.4 is 5.32 Å². The zero-order chi connectivity index (χ0) is 45.8. The fourth-order valence-corrected chi connectivity index (χ4v) is 8.63. The number of rotatable bonds is 52. The lowest BCUT2D eigenvalue weighted by molar-refractivity contribution is -0.143. The van der Waals surface area contributed by atoms with Gasteiger partial charge in [0, 0.05) is 12.8 Å². The Labute approximate surface area is 392 Å². The summed E-state index contributed by atoms with van der Waals surface area (Å²) < 4.78 is 5.45. The molecule has 0 spiro atoms. The number of ether oxygens (including phenoxy) is 1. The molecule has 6 nitrogen and oxygen atoms in total. The smallest absolute Gasteiger partial charge is 0.305 e. The molecule has 0 aromatic carbocycles. The molecule has 0 aliphatic heterocycles. The van der Waals surface area contributed by atoms with Crippen LogP contribution in [0.25, 0.3) is 0 Å². The van der Waals surface area contributed by atoms with Gasteiger partial charge >= 0.3 is 5.97 Å². The lowest BCUT2D eigenvalue weighted by Crippen LogP contribution is -2.45. The van der Waals surface area contributed by atoms with Crippen LogP contribution in [0, 0.1) is 0 Å². The minimum Gasteiger partial charge on any atom is -0.466 e. The highest BCUT2D eigenvalue weighted by Gasteiger charge is 2.18. The second kappa shape index (κ2) is 53.0. The molecule has 0 radical (unpaired) electrons. The topological polar surface area (TPSA) is 95.9 Å². The summed E-state index contributed by atoms with van der Waals surface area (Å²) in [5, 5.41) is 23.1. The average molecular weight is 889 g/mol. The quantitative estimate of drug-likeness (QED) is 0.0321. The molecular formula is C57H109NO5. The van der Waals surface area contributed by atoms with Gasteiger partial charge in [-0.3, -0.25) is 9.59 Å². The van der Waals surface area contributed by atoms with E-state index in [1.54, 1.807) is 6.08 Å². The molecule has 0 rings (SSSR count). The van der Waals surface area contributed by atoms with Gasteiger partial charge in [-0.1, -0.05) is 256 Å². The van der Waals surface area contributed by atoms with Gasteiger partial charge in [0.25, 0.3) is 0 Å². The highest BCUT2D eigenvalue weighted by atomic mass is 16.5. The molecule has 2 unspecified atom stereocenters. The Hall–Kier alpha value is -1.66. The monoisotopic (exact) mass is 888 g/mol. The number of nitrogens with one attached hydrogen (secondary N) is 1. The predicted molar refractivity (Wildman–Crippen MR) is 273 cm³/mol. The third-order valence-corrected chi connectivity index (χ3v) is 13.0. The number of esters is 1. The third kappa shape index (κ3) is 49.6. The Kier molecular flexibility index (Phi) is 51.6. The summed E-state index contributed by atoms with van der Waals surface area (Å²) in [6, 6.07) is -0.649. The first-order chi connectivity index (χ1) is 31.0. The maximum Gasteiger partial charge on any atom is 0.305 e. The number of allylic oxidation sites excluding steroid dienone is 3. The van der Waals surface area contributed by atoms with Crippen molar-refractivity contribution in [1.29, 1.82) is 0 Å². The molecule has 63 heavy (non-hydrogen) atoms. The zero-order valence-corrected chi connectivity index (χ0v) is 42.3. The Morgan fingerprint density at radius 3 is 1.13 bits per heavy atom. The van der Waals surface area contributed by atoms with E-state index < -0.39 is 12.1 Å². The van der Waals surface area contributed by atoms with Gasteiger partial charge in [-0.05, 0) is 57.8 Å². The molecule has 0 bridgehead atoms. The number of aliphatic hydroxyl groups excluding tert-OH is 2. The molecular weight excluding hydrogens is 779 g/mol. The van der Waals surface area contributed by atoms with Crippen LogP contribution in [0.5, 0.6) is 0 Å². The van der Waals surface area contributed by atoms with Crippen LogP contribution in [0.4, 0.5) is 0 Å². The van der Waals surface area contributed by atoms with E-state index >= 15 is 0 Å². The van der Waals surface area contributed by atoms with Gasteiger partial charge in [-0.25, -0.2) is 0 Å². The Morgan fingerprint density at radius 2 is 0.746 bits per heavy atom. The van der Waals surface area contributed by atoms with Gasteiger partial charge < -0.3 is 20.3 Å². The first-order valence-electron chi connectivity index (χ1n) is 28.1. The van der Waals surface area contributed by atoms with E-state index in [0.29, 0.717) is 19.4 Å². The van der Waals surface area contributed by atoms with E-state index in [2.05, 4.69) is 31.3 Å². The van der Waals surface area contributed by atoms with E-state index in [1.807, 2.05) is 6.08 Å². The molecule has 1 amide bonds. The SMILES string of the molecule is CCCCCCCCCCCCCCCCCCC/C=C/C(O)C(CO)NC(=O)CCCCCCC/C=C\CCCCOC(=O)CCCCCCCCCCCCCCCCCC. The standard InChI is InChI=1S/C57H109NO5/c1-3-5-7-9-11-13-15-17-19-21-22-23-24-26-29-33-37-41-45-49-55(60)54(53-59)58-56(61)50-46-42-38-34-30-28-32-36-40-44-48-52-63-57(62)51-47-43-39-35-31-27-25-20-18-16-14-12-10-8-6-4-2/h32,36,45,49,54-55,59-60H,3-31,33-35,37-44,46-48,50-53H2,1-2H3,(H,58,61)/b36-32-,49-45+. The van der Waals surface area contributed by atoms with Crippen molar-refractivity contribution in [3.8, 4) is 0 Å². The van der Waals surface area contributed by atoms with Crippen molar-refractivity contribution in [3.05, 3.63) is 24.3 Å². The van der Waals surface area contributed by atoms with Crippen LogP contribution in [0.1, 0.15) is 303 Å². The van der Waals surface area contributed by atoms with E-state index in [0.717, 1.165) is 83.5 Å². The van der Waals surface area contributed by atoms with Crippen LogP contribution in [0.3, 0.4) is 0 Å². The summed E-state index contributed by atoms with van der Waals surface area (Å²) in [5.74, 6) is -0.124. The summed E-state index contributed by atoms with van der Waals surface area (Å²) in [5.41, 5.74) is 0. The predicted octanol–water partition coefficient (Wildman–Crippen LogP) is 17.1. The summed E-state index contributed by atoms with van der Waals surface area (Å²) in [6.07, 6.45) is 63.4. The largest absolute Gasteiger partial charge is 0.466 e. The summed E-state index contributed by atoms with van der Waals surface area (Å²) >= 11 is 0. The molecule has 0 aliphatic carbocycles. The number of hydrogen-bond acceptors (Lipinski definition) is 5. The molecule has 0 aliphatic rings. The molecule has 0 saturated heterocycles. The Bertz CT molecular complexity index is 982. The van der Waals surface area contributed by atoms with Crippen LogP contribution in [-0.4, -0.2) is 47.4 Å². The van der Waals surface area contributed by atoms with Crippen molar-refractivity contribution in [1.82, 2.24) is 5.32 Å². The van der Waals surface area contributed by atoms with E-state index in [4.69, 9.17) is 4.74 Å². The molecule has 0 saturated carbocycles. The lowest BCUT2D eigenvalue weighted by atomic mass is 10.0. The number of carbonyl (C=O) groups excluding carboxylic acids is 2. The summed E-state index contributed by atoms with van der Waals surface area (Å²) in [4.78, 5) is 24.5. The second-order valence-electron chi connectivity index (χ2n) is 19.3. The van der Waals surface area contributed by atoms with Crippen molar-refractivity contribution in [2.75, 3.05) is 13.2 Å². The number of aliphatic hydroxyl groups is 2. The number of hydrogen-bond donors (Lipinski definition) is 3. The third-order valence-electron chi connectivity index (χ3n) is 13.0. The number of carbonyl (C=O) groups is 2.